The largest absolute Gasteiger partial charge is 0.465 e. The van der Waals surface area contributed by atoms with Crippen molar-refractivity contribution in [2.75, 3.05) is 20.8 Å². The quantitative estimate of drug-likeness (QED) is 0.597. The van der Waals surface area contributed by atoms with Crippen molar-refractivity contribution in [1.82, 2.24) is 4.81 Å². The molecule has 0 bridgehead atoms. The van der Waals surface area contributed by atoms with E-state index >= 15 is 0 Å². The number of carbonyl (C=O) groups excluding carboxylic acids is 1. The van der Waals surface area contributed by atoms with Crippen molar-refractivity contribution in [1.29, 1.82) is 0 Å². The van der Waals surface area contributed by atoms with Crippen LogP contribution in [-0.2, 0) is 9.39 Å². The first-order valence-corrected chi connectivity index (χ1v) is 6.17. The van der Waals surface area contributed by atoms with Crippen molar-refractivity contribution in [3.05, 3.63) is 35.4 Å². The molecule has 1 aliphatic heterocycles. The van der Waals surface area contributed by atoms with E-state index in [1.165, 1.54) is 7.11 Å². The van der Waals surface area contributed by atoms with Crippen LogP contribution in [0.5, 0.6) is 0 Å². The Morgan fingerprint density at radius 2 is 2.28 bits per heavy atom. The zero-order chi connectivity index (χ0) is 13.0. The highest BCUT2D eigenvalue weighted by molar-refractivity contribution is 6.23. The van der Waals surface area contributed by atoms with E-state index in [4.69, 9.17) is 9.39 Å². The third-order valence-corrected chi connectivity index (χ3v) is 3.35. The lowest BCUT2D eigenvalue weighted by molar-refractivity contribution is 0.0600. The van der Waals surface area contributed by atoms with Gasteiger partial charge in [0, 0.05) is 13.2 Å². The Morgan fingerprint density at radius 3 is 3.00 bits per heavy atom. The predicted molar refractivity (Wildman–Crippen MR) is 70.6 cm³/mol. The highest BCUT2D eigenvalue weighted by Gasteiger charge is 2.26. The third-order valence-electron chi connectivity index (χ3n) is 3.35. The SMILES string of the molecule is COBN1CCCC1c1cccc(C(=O)OC)c1. The van der Waals surface area contributed by atoms with E-state index in [1.54, 1.807) is 13.2 Å². The fraction of sp³-hybridized carbons (Fsp3) is 0.462. The molecular weight excluding hydrogens is 229 g/mol. The Bertz CT molecular complexity index is 424. The first-order chi connectivity index (χ1) is 8.76. The maximum Gasteiger partial charge on any atom is 0.363 e. The highest BCUT2D eigenvalue weighted by Crippen LogP contribution is 2.31. The van der Waals surface area contributed by atoms with Crippen LogP contribution in [0.1, 0.15) is 34.8 Å². The summed E-state index contributed by atoms with van der Waals surface area (Å²) < 4.78 is 9.96. The highest BCUT2D eigenvalue weighted by atomic mass is 16.5. The van der Waals surface area contributed by atoms with Gasteiger partial charge in [0.1, 0.15) is 0 Å². The van der Waals surface area contributed by atoms with Gasteiger partial charge in [-0.05, 0) is 37.1 Å². The van der Waals surface area contributed by atoms with Gasteiger partial charge in [0.25, 0.3) is 0 Å². The molecule has 1 aromatic rings. The summed E-state index contributed by atoms with van der Waals surface area (Å²) in [6.45, 7) is 1.04. The number of benzene rings is 1. The minimum atomic E-state index is -0.284. The van der Waals surface area contributed by atoms with Gasteiger partial charge in [0.2, 0.25) is 0 Å². The van der Waals surface area contributed by atoms with Gasteiger partial charge in [0.15, 0.2) is 0 Å². The smallest absolute Gasteiger partial charge is 0.363 e. The van der Waals surface area contributed by atoms with Crippen LogP contribution in [0.2, 0.25) is 0 Å². The molecule has 5 heteroatoms. The van der Waals surface area contributed by atoms with Crippen LogP contribution in [0.3, 0.4) is 0 Å². The molecule has 1 unspecified atom stereocenters. The minimum Gasteiger partial charge on any atom is -0.465 e. The summed E-state index contributed by atoms with van der Waals surface area (Å²) in [6, 6.07) is 8.01. The lowest BCUT2D eigenvalue weighted by Gasteiger charge is -2.23. The molecule has 18 heavy (non-hydrogen) atoms. The number of carbonyl (C=O) groups is 1. The van der Waals surface area contributed by atoms with E-state index in [2.05, 4.69) is 10.9 Å². The maximum absolute atomic E-state index is 11.5. The second kappa shape index (κ2) is 6.02. The average molecular weight is 247 g/mol. The van der Waals surface area contributed by atoms with E-state index in [1.807, 2.05) is 12.1 Å². The van der Waals surface area contributed by atoms with Crippen LogP contribution in [-0.4, -0.2) is 39.2 Å². The zero-order valence-corrected chi connectivity index (χ0v) is 10.9. The van der Waals surface area contributed by atoms with Crippen LogP contribution in [0.15, 0.2) is 24.3 Å². The molecule has 2 rings (SSSR count). The normalized spacial score (nSPS) is 19.8. The molecule has 1 aliphatic rings. The summed E-state index contributed by atoms with van der Waals surface area (Å²) >= 11 is 0. The van der Waals surface area contributed by atoms with Crippen LogP contribution in [0.4, 0.5) is 0 Å². The summed E-state index contributed by atoms with van der Waals surface area (Å²) in [5, 5.41) is 0. The van der Waals surface area contributed by atoms with Crippen molar-refractivity contribution < 1.29 is 14.2 Å². The van der Waals surface area contributed by atoms with Crippen molar-refractivity contribution >= 4 is 13.6 Å². The zero-order valence-electron chi connectivity index (χ0n) is 10.9. The molecule has 96 valence electrons. The summed E-state index contributed by atoms with van der Waals surface area (Å²) in [4.78, 5) is 13.8. The van der Waals surface area contributed by atoms with E-state index in [9.17, 15) is 4.79 Å². The summed E-state index contributed by atoms with van der Waals surface area (Å²) in [7, 11) is 3.75. The average Bonchev–Trinajstić information content (AvgIpc) is 2.87. The number of rotatable bonds is 4. The number of ether oxygens (including phenoxy) is 1. The van der Waals surface area contributed by atoms with Gasteiger partial charge in [-0.15, -0.1) is 0 Å². The minimum absolute atomic E-state index is 0.284. The predicted octanol–water partition coefficient (Wildman–Crippen LogP) is 1.52. The van der Waals surface area contributed by atoms with Gasteiger partial charge < -0.3 is 14.2 Å². The van der Waals surface area contributed by atoms with Crippen LogP contribution >= 0.6 is 0 Å². The molecule has 1 fully saturated rings. The van der Waals surface area contributed by atoms with Crippen molar-refractivity contribution in [2.24, 2.45) is 0 Å². The monoisotopic (exact) mass is 247 g/mol. The van der Waals surface area contributed by atoms with Crippen molar-refractivity contribution in [2.45, 2.75) is 18.9 Å². The molecular formula is C13H18BNO3. The van der Waals surface area contributed by atoms with Crippen molar-refractivity contribution in [3.8, 4) is 0 Å². The Kier molecular flexibility index (Phi) is 4.39. The second-order valence-electron chi connectivity index (χ2n) is 4.51. The van der Waals surface area contributed by atoms with Crippen LogP contribution in [0.25, 0.3) is 0 Å². The van der Waals surface area contributed by atoms with Gasteiger partial charge >= 0.3 is 13.6 Å². The Morgan fingerprint density at radius 1 is 1.44 bits per heavy atom. The Hall–Kier alpha value is -1.33. The number of hydrogen-bond acceptors (Lipinski definition) is 4. The van der Waals surface area contributed by atoms with E-state index < -0.39 is 0 Å². The fourth-order valence-electron chi connectivity index (χ4n) is 2.51. The molecule has 1 heterocycles. The van der Waals surface area contributed by atoms with Gasteiger partial charge in [0.05, 0.1) is 12.7 Å². The summed E-state index contributed by atoms with van der Waals surface area (Å²) in [5.41, 5.74) is 1.77. The van der Waals surface area contributed by atoms with E-state index in [0.717, 1.165) is 24.9 Å². The van der Waals surface area contributed by atoms with E-state index in [-0.39, 0.29) is 5.97 Å². The Balaban J connectivity index is 2.19. The molecule has 0 spiro atoms. The van der Waals surface area contributed by atoms with Gasteiger partial charge in [-0.25, -0.2) is 4.79 Å². The molecule has 0 amide bonds. The first-order valence-electron chi connectivity index (χ1n) is 6.17. The summed E-state index contributed by atoms with van der Waals surface area (Å²) in [5.74, 6) is -0.284. The molecule has 0 aliphatic carbocycles. The number of methoxy groups -OCH3 is 1. The van der Waals surface area contributed by atoms with Gasteiger partial charge in [-0.3, -0.25) is 0 Å². The summed E-state index contributed by atoms with van der Waals surface area (Å²) in [6.07, 6.45) is 2.27. The number of hydrogen-bond donors (Lipinski definition) is 0. The number of esters is 1. The molecule has 0 radical (unpaired) electrons. The van der Waals surface area contributed by atoms with Crippen molar-refractivity contribution in [3.63, 3.8) is 0 Å². The maximum atomic E-state index is 11.5. The van der Waals surface area contributed by atoms with Gasteiger partial charge in [-0.2, -0.15) is 0 Å². The third kappa shape index (κ3) is 2.74. The number of nitrogens with zero attached hydrogens (tertiary/aromatic N) is 1. The lowest BCUT2D eigenvalue weighted by Crippen LogP contribution is -2.28. The first kappa shape index (κ1) is 13.1. The topological polar surface area (TPSA) is 38.8 Å². The molecule has 1 saturated heterocycles. The standard InChI is InChI=1S/C13H18BNO3/c1-17-13(16)11-6-3-5-10(9-11)12-7-4-8-15(12)14-18-2/h3,5-6,9,12,14H,4,7-8H2,1-2H3. The second-order valence-corrected chi connectivity index (χ2v) is 4.51. The van der Waals surface area contributed by atoms with E-state index in [0.29, 0.717) is 19.2 Å². The molecule has 0 aromatic heterocycles. The Labute approximate surface area is 108 Å². The van der Waals surface area contributed by atoms with Gasteiger partial charge in [-0.1, -0.05) is 12.1 Å². The fourth-order valence-corrected chi connectivity index (χ4v) is 2.51. The molecule has 0 saturated carbocycles. The lowest BCUT2D eigenvalue weighted by atomic mass is 9.99. The molecule has 1 atom stereocenters. The molecule has 0 N–H and O–H groups in total. The van der Waals surface area contributed by atoms with Crippen LogP contribution < -0.4 is 0 Å². The van der Waals surface area contributed by atoms with Crippen LogP contribution in [0, 0.1) is 0 Å². The molecule has 1 aromatic carbocycles. The molecule has 4 nitrogen and oxygen atoms in total.